The molecule has 4 nitrogen and oxygen atoms in total. The molecule has 5 heteroatoms. The molecule has 28 heavy (non-hydrogen) atoms. The van der Waals surface area contributed by atoms with Crippen molar-refractivity contribution >= 4 is 17.5 Å². The number of halogens is 1. The van der Waals surface area contributed by atoms with Crippen LogP contribution in [-0.2, 0) is 6.42 Å². The van der Waals surface area contributed by atoms with Crippen LogP contribution in [0.3, 0.4) is 0 Å². The number of piperidine rings is 1. The molecule has 1 aromatic heterocycles. The Morgan fingerprint density at radius 2 is 1.96 bits per heavy atom. The van der Waals surface area contributed by atoms with Gasteiger partial charge < -0.3 is 9.80 Å². The third-order valence-electron chi connectivity index (χ3n) is 6.22. The van der Waals surface area contributed by atoms with Crippen molar-refractivity contribution in [1.82, 2.24) is 14.8 Å². The Morgan fingerprint density at radius 3 is 2.79 bits per heavy atom. The molecule has 148 valence electrons. The molecule has 1 amide bonds. The molecular formula is C23H28ClN3O. The summed E-state index contributed by atoms with van der Waals surface area (Å²) in [5.41, 5.74) is 2.33. The zero-order valence-corrected chi connectivity index (χ0v) is 17.1. The van der Waals surface area contributed by atoms with E-state index in [0.717, 1.165) is 39.0 Å². The standard InChI is InChI=1S/C23H28ClN3O/c24-21-16-20(9-12-25-21)22(28)27-15-11-23(18-27)10-5-14-26(17-23)13-4-8-19-6-2-1-3-7-19/h1-3,6-7,9,12,16H,4-5,8,10-11,13-15,17-18H2/t23-/m0/s1. The van der Waals surface area contributed by atoms with E-state index in [1.807, 2.05) is 4.90 Å². The van der Waals surface area contributed by atoms with E-state index in [1.165, 1.54) is 31.4 Å². The van der Waals surface area contributed by atoms with Crippen molar-refractivity contribution in [3.05, 3.63) is 64.9 Å². The predicted molar refractivity (Wildman–Crippen MR) is 113 cm³/mol. The second-order valence-corrected chi connectivity index (χ2v) is 8.70. The summed E-state index contributed by atoms with van der Waals surface area (Å²) < 4.78 is 0. The molecule has 3 heterocycles. The van der Waals surface area contributed by atoms with Crippen LogP contribution in [0.15, 0.2) is 48.7 Å². The second kappa shape index (κ2) is 8.62. The lowest BCUT2D eigenvalue weighted by Crippen LogP contribution is -2.45. The van der Waals surface area contributed by atoms with Crippen LogP contribution in [0.4, 0.5) is 0 Å². The third kappa shape index (κ3) is 4.56. The molecule has 0 N–H and O–H groups in total. The zero-order valence-electron chi connectivity index (χ0n) is 16.3. The summed E-state index contributed by atoms with van der Waals surface area (Å²) in [6, 6.07) is 14.2. The number of carbonyl (C=O) groups is 1. The number of pyridine rings is 1. The van der Waals surface area contributed by atoms with Crippen LogP contribution >= 0.6 is 11.6 Å². The molecule has 2 aliphatic heterocycles. The number of hydrogen-bond acceptors (Lipinski definition) is 3. The monoisotopic (exact) mass is 397 g/mol. The summed E-state index contributed by atoms with van der Waals surface area (Å²) >= 11 is 5.96. The molecule has 0 radical (unpaired) electrons. The number of aromatic nitrogens is 1. The molecule has 2 fully saturated rings. The fourth-order valence-electron chi connectivity index (χ4n) is 4.81. The van der Waals surface area contributed by atoms with Gasteiger partial charge in [-0.15, -0.1) is 0 Å². The van der Waals surface area contributed by atoms with Gasteiger partial charge in [0.05, 0.1) is 0 Å². The van der Waals surface area contributed by atoms with Crippen LogP contribution in [0, 0.1) is 5.41 Å². The van der Waals surface area contributed by atoms with Gasteiger partial charge in [0.2, 0.25) is 0 Å². The first-order chi connectivity index (χ1) is 13.6. The number of benzene rings is 1. The Morgan fingerprint density at radius 1 is 1.11 bits per heavy atom. The van der Waals surface area contributed by atoms with E-state index < -0.39 is 0 Å². The largest absolute Gasteiger partial charge is 0.338 e. The van der Waals surface area contributed by atoms with Gasteiger partial charge in [0, 0.05) is 36.8 Å². The van der Waals surface area contributed by atoms with Crippen LogP contribution in [0.1, 0.15) is 41.6 Å². The average Bonchev–Trinajstić information content (AvgIpc) is 3.11. The van der Waals surface area contributed by atoms with E-state index in [9.17, 15) is 4.79 Å². The second-order valence-electron chi connectivity index (χ2n) is 8.31. The molecule has 2 aliphatic rings. The molecule has 4 rings (SSSR count). The lowest BCUT2D eigenvalue weighted by Gasteiger charge is -2.40. The Balaban J connectivity index is 1.32. The molecule has 0 saturated carbocycles. The fraction of sp³-hybridized carbons (Fsp3) is 0.478. The van der Waals surface area contributed by atoms with Gasteiger partial charge >= 0.3 is 0 Å². The van der Waals surface area contributed by atoms with Crippen LogP contribution in [-0.4, -0.2) is 53.4 Å². The quantitative estimate of drug-likeness (QED) is 0.706. The van der Waals surface area contributed by atoms with E-state index in [2.05, 4.69) is 40.2 Å². The van der Waals surface area contributed by atoms with Crippen molar-refractivity contribution in [1.29, 1.82) is 0 Å². The number of hydrogen-bond donors (Lipinski definition) is 0. The van der Waals surface area contributed by atoms with Gasteiger partial charge in [-0.25, -0.2) is 4.98 Å². The normalized spacial score (nSPS) is 22.7. The summed E-state index contributed by atoms with van der Waals surface area (Å²) in [6.45, 7) is 5.15. The summed E-state index contributed by atoms with van der Waals surface area (Å²) in [5.74, 6) is 0.0855. The minimum Gasteiger partial charge on any atom is -0.338 e. The molecule has 1 spiro atoms. The van der Waals surface area contributed by atoms with Crippen LogP contribution < -0.4 is 0 Å². The van der Waals surface area contributed by atoms with Crippen molar-refractivity contribution < 1.29 is 4.79 Å². The first kappa shape index (κ1) is 19.4. The Labute approximate surface area is 172 Å². The van der Waals surface area contributed by atoms with Crippen molar-refractivity contribution in [3.8, 4) is 0 Å². The highest BCUT2D eigenvalue weighted by atomic mass is 35.5. The summed E-state index contributed by atoms with van der Waals surface area (Å²) in [5, 5.41) is 0.377. The number of nitrogens with zero attached hydrogens (tertiary/aromatic N) is 3. The third-order valence-corrected chi connectivity index (χ3v) is 6.43. The number of carbonyl (C=O) groups excluding carboxylic acids is 1. The minimum atomic E-state index is 0.0855. The van der Waals surface area contributed by atoms with Crippen LogP contribution in [0.2, 0.25) is 5.15 Å². The molecular weight excluding hydrogens is 370 g/mol. The van der Waals surface area contributed by atoms with E-state index in [4.69, 9.17) is 11.6 Å². The van der Waals surface area contributed by atoms with Crippen molar-refractivity contribution in [2.75, 3.05) is 32.7 Å². The highest BCUT2D eigenvalue weighted by Gasteiger charge is 2.42. The average molecular weight is 398 g/mol. The summed E-state index contributed by atoms with van der Waals surface area (Å²) in [6.07, 6.45) is 7.50. The molecule has 0 unspecified atom stereocenters. The summed E-state index contributed by atoms with van der Waals surface area (Å²) in [7, 11) is 0. The van der Waals surface area contributed by atoms with Gasteiger partial charge in [-0.05, 0) is 62.9 Å². The number of rotatable bonds is 5. The lowest BCUT2D eigenvalue weighted by atomic mass is 9.79. The number of aryl methyl sites for hydroxylation is 1. The number of likely N-dealkylation sites (tertiary alicyclic amines) is 2. The molecule has 0 aliphatic carbocycles. The number of amides is 1. The Hall–Kier alpha value is -1.91. The van der Waals surface area contributed by atoms with E-state index in [0.29, 0.717) is 10.7 Å². The van der Waals surface area contributed by atoms with Gasteiger partial charge in [0.1, 0.15) is 5.15 Å². The molecule has 1 atom stereocenters. The smallest absolute Gasteiger partial charge is 0.254 e. The van der Waals surface area contributed by atoms with Gasteiger partial charge in [-0.3, -0.25) is 4.79 Å². The molecule has 1 aromatic carbocycles. The van der Waals surface area contributed by atoms with Crippen molar-refractivity contribution in [2.45, 2.75) is 32.1 Å². The van der Waals surface area contributed by atoms with Crippen LogP contribution in [0.25, 0.3) is 0 Å². The minimum absolute atomic E-state index is 0.0855. The van der Waals surface area contributed by atoms with Crippen LogP contribution in [0.5, 0.6) is 0 Å². The maximum atomic E-state index is 12.9. The zero-order chi connectivity index (χ0) is 19.4. The highest BCUT2D eigenvalue weighted by molar-refractivity contribution is 6.29. The fourth-order valence-corrected chi connectivity index (χ4v) is 4.99. The Bertz CT molecular complexity index is 813. The first-order valence-corrected chi connectivity index (χ1v) is 10.7. The van der Waals surface area contributed by atoms with Gasteiger partial charge in [0.15, 0.2) is 0 Å². The van der Waals surface area contributed by atoms with Gasteiger partial charge in [-0.2, -0.15) is 0 Å². The van der Waals surface area contributed by atoms with E-state index >= 15 is 0 Å². The molecule has 2 saturated heterocycles. The van der Waals surface area contributed by atoms with Crippen molar-refractivity contribution in [2.24, 2.45) is 5.41 Å². The SMILES string of the molecule is O=C(c1ccnc(Cl)c1)N1CC[C@]2(CCCN(CCCc3ccccc3)C2)C1. The maximum absolute atomic E-state index is 12.9. The first-order valence-electron chi connectivity index (χ1n) is 10.3. The molecule has 0 bridgehead atoms. The topological polar surface area (TPSA) is 36.4 Å². The van der Waals surface area contributed by atoms with Gasteiger partial charge in [-0.1, -0.05) is 41.9 Å². The highest BCUT2D eigenvalue weighted by Crippen LogP contribution is 2.39. The summed E-state index contributed by atoms with van der Waals surface area (Å²) in [4.78, 5) is 21.5. The predicted octanol–water partition coefficient (Wildman–Crippen LogP) is 4.30. The van der Waals surface area contributed by atoms with Gasteiger partial charge in [0.25, 0.3) is 5.91 Å². The van der Waals surface area contributed by atoms with Crippen molar-refractivity contribution in [3.63, 3.8) is 0 Å². The lowest BCUT2D eigenvalue weighted by molar-refractivity contribution is 0.0688. The van der Waals surface area contributed by atoms with E-state index in [1.54, 1.807) is 18.3 Å². The molecule has 2 aromatic rings. The maximum Gasteiger partial charge on any atom is 0.254 e. The Kier molecular flexibility index (Phi) is 5.98. The van der Waals surface area contributed by atoms with E-state index in [-0.39, 0.29) is 11.3 Å².